The third-order valence-corrected chi connectivity index (χ3v) is 3.24. The molecule has 0 unspecified atom stereocenters. The molecule has 3 nitrogen and oxygen atoms in total. The van der Waals surface area contributed by atoms with E-state index in [0.29, 0.717) is 18.4 Å². The van der Waals surface area contributed by atoms with Crippen LogP contribution < -0.4 is 0 Å². The highest BCUT2D eigenvalue weighted by atomic mass is 19.1. The van der Waals surface area contributed by atoms with Gasteiger partial charge in [0.2, 0.25) is 0 Å². The first-order valence-electron chi connectivity index (χ1n) is 5.56. The molecule has 2 rings (SSSR count). The summed E-state index contributed by atoms with van der Waals surface area (Å²) < 4.78 is 14.5. The van der Waals surface area contributed by atoms with Gasteiger partial charge in [0, 0.05) is 12.1 Å². The molecule has 86 valence electrons. The van der Waals surface area contributed by atoms with E-state index < -0.39 is 10.6 Å². The molecule has 1 saturated carbocycles. The maximum atomic E-state index is 14.5. The van der Waals surface area contributed by atoms with Gasteiger partial charge in [-0.2, -0.15) is 0 Å². The second-order valence-electron chi connectivity index (χ2n) is 4.33. The molecule has 0 spiro atoms. The van der Waals surface area contributed by atoms with E-state index >= 15 is 0 Å². The van der Waals surface area contributed by atoms with E-state index in [0.717, 1.165) is 19.3 Å². The van der Waals surface area contributed by atoms with E-state index in [9.17, 15) is 14.5 Å². The molecule has 0 aromatic heterocycles. The Hall–Kier alpha value is -1.45. The Kier molecular flexibility index (Phi) is 2.90. The van der Waals surface area contributed by atoms with Gasteiger partial charge in [0.15, 0.2) is 0 Å². The largest absolute Gasteiger partial charge is 0.269 e. The SMILES string of the molecule is O=[N+]([O-])c1ccc(C2(F)CCCCC2)cc1. The van der Waals surface area contributed by atoms with Gasteiger partial charge in [0.1, 0.15) is 5.67 Å². The second-order valence-corrected chi connectivity index (χ2v) is 4.33. The minimum absolute atomic E-state index is 0.0168. The van der Waals surface area contributed by atoms with Crippen molar-refractivity contribution in [1.29, 1.82) is 0 Å². The third kappa shape index (κ3) is 2.05. The first kappa shape index (κ1) is 11.0. The number of non-ortho nitro benzene ring substituents is 1. The molecule has 0 saturated heterocycles. The summed E-state index contributed by atoms with van der Waals surface area (Å²) in [4.78, 5) is 10.0. The van der Waals surface area contributed by atoms with E-state index in [1.54, 1.807) is 12.1 Å². The van der Waals surface area contributed by atoms with Gasteiger partial charge in [-0.1, -0.05) is 6.42 Å². The standard InChI is InChI=1S/C12H14FNO2/c13-12(8-2-1-3-9-12)10-4-6-11(7-5-10)14(15)16/h4-7H,1-3,8-9H2. The summed E-state index contributed by atoms with van der Waals surface area (Å²) in [7, 11) is 0. The molecule has 0 atom stereocenters. The van der Waals surface area contributed by atoms with Crippen molar-refractivity contribution >= 4 is 5.69 Å². The van der Waals surface area contributed by atoms with Crippen LogP contribution in [0.2, 0.25) is 0 Å². The Bertz CT molecular complexity index is 383. The number of hydrogen-bond donors (Lipinski definition) is 0. The van der Waals surface area contributed by atoms with E-state index in [1.165, 1.54) is 12.1 Å². The summed E-state index contributed by atoms with van der Waals surface area (Å²) in [5.41, 5.74) is -0.672. The zero-order valence-electron chi connectivity index (χ0n) is 8.99. The molecule has 0 bridgehead atoms. The van der Waals surface area contributed by atoms with Gasteiger partial charge in [-0.15, -0.1) is 0 Å². The van der Waals surface area contributed by atoms with Crippen LogP contribution in [0.15, 0.2) is 24.3 Å². The van der Waals surface area contributed by atoms with E-state index in [2.05, 4.69) is 0 Å². The van der Waals surface area contributed by atoms with Crippen LogP contribution in [0.4, 0.5) is 10.1 Å². The van der Waals surface area contributed by atoms with E-state index in [4.69, 9.17) is 0 Å². The Morgan fingerprint density at radius 3 is 2.19 bits per heavy atom. The van der Waals surface area contributed by atoms with Crippen LogP contribution in [0.5, 0.6) is 0 Å². The molecule has 0 radical (unpaired) electrons. The lowest BCUT2D eigenvalue weighted by Gasteiger charge is -2.29. The fraction of sp³-hybridized carbons (Fsp3) is 0.500. The highest BCUT2D eigenvalue weighted by molar-refractivity contribution is 5.35. The molecule has 0 aliphatic heterocycles. The van der Waals surface area contributed by atoms with Crippen molar-refractivity contribution in [2.24, 2.45) is 0 Å². The molecule has 16 heavy (non-hydrogen) atoms. The summed E-state index contributed by atoms with van der Waals surface area (Å²) >= 11 is 0. The Balaban J connectivity index is 2.23. The van der Waals surface area contributed by atoms with Gasteiger partial charge >= 0.3 is 0 Å². The molecule has 4 heteroatoms. The summed E-state index contributed by atoms with van der Waals surface area (Å²) in [6, 6.07) is 5.85. The molecule has 1 aliphatic rings. The predicted octanol–water partition coefficient (Wildman–Crippen LogP) is 3.72. The fourth-order valence-electron chi connectivity index (χ4n) is 2.28. The first-order valence-corrected chi connectivity index (χ1v) is 5.56. The van der Waals surface area contributed by atoms with Gasteiger partial charge in [-0.25, -0.2) is 4.39 Å². The number of halogens is 1. The third-order valence-electron chi connectivity index (χ3n) is 3.24. The summed E-state index contributed by atoms with van der Waals surface area (Å²) in [5.74, 6) is 0. The van der Waals surface area contributed by atoms with Crippen molar-refractivity contribution in [1.82, 2.24) is 0 Å². The van der Waals surface area contributed by atoms with E-state index in [-0.39, 0.29) is 5.69 Å². The zero-order chi connectivity index (χ0) is 11.6. The van der Waals surface area contributed by atoms with Crippen LogP contribution in [-0.2, 0) is 5.67 Å². The van der Waals surface area contributed by atoms with Crippen molar-refractivity contribution in [3.63, 3.8) is 0 Å². The lowest BCUT2D eigenvalue weighted by Crippen LogP contribution is -2.23. The minimum atomic E-state index is -1.27. The van der Waals surface area contributed by atoms with Crippen molar-refractivity contribution in [2.45, 2.75) is 37.8 Å². The van der Waals surface area contributed by atoms with Crippen molar-refractivity contribution in [3.8, 4) is 0 Å². The topological polar surface area (TPSA) is 43.1 Å². The number of nitro benzene ring substituents is 1. The molecular weight excluding hydrogens is 209 g/mol. The fourth-order valence-corrected chi connectivity index (χ4v) is 2.28. The van der Waals surface area contributed by atoms with Crippen molar-refractivity contribution in [3.05, 3.63) is 39.9 Å². The Labute approximate surface area is 93.4 Å². The Morgan fingerprint density at radius 1 is 1.12 bits per heavy atom. The average molecular weight is 223 g/mol. The van der Waals surface area contributed by atoms with Gasteiger partial charge in [0.25, 0.3) is 5.69 Å². The number of nitro groups is 1. The number of hydrogen-bond acceptors (Lipinski definition) is 2. The van der Waals surface area contributed by atoms with Crippen molar-refractivity contribution < 1.29 is 9.31 Å². The highest BCUT2D eigenvalue weighted by Gasteiger charge is 2.33. The average Bonchev–Trinajstić information content (AvgIpc) is 2.30. The molecule has 0 amide bonds. The molecule has 0 N–H and O–H groups in total. The summed E-state index contributed by atoms with van der Waals surface area (Å²) in [5, 5.41) is 10.5. The summed E-state index contributed by atoms with van der Waals surface area (Å²) in [6.07, 6.45) is 3.94. The first-order chi connectivity index (χ1) is 7.62. The molecule has 1 aromatic rings. The smallest absolute Gasteiger partial charge is 0.258 e. The lowest BCUT2D eigenvalue weighted by atomic mass is 9.81. The number of nitrogens with zero attached hydrogens (tertiary/aromatic N) is 1. The van der Waals surface area contributed by atoms with E-state index in [1.807, 2.05) is 0 Å². The zero-order valence-corrected chi connectivity index (χ0v) is 8.99. The number of alkyl halides is 1. The molecule has 1 aromatic carbocycles. The number of rotatable bonds is 2. The van der Waals surface area contributed by atoms with Crippen LogP contribution in [0, 0.1) is 10.1 Å². The Morgan fingerprint density at radius 2 is 1.69 bits per heavy atom. The van der Waals surface area contributed by atoms with Crippen LogP contribution in [-0.4, -0.2) is 4.92 Å². The maximum absolute atomic E-state index is 14.5. The minimum Gasteiger partial charge on any atom is -0.258 e. The summed E-state index contributed by atoms with van der Waals surface area (Å²) in [6.45, 7) is 0. The molecule has 0 heterocycles. The lowest BCUT2D eigenvalue weighted by molar-refractivity contribution is -0.384. The molecular formula is C12H14FNO2. The van der Waals surface area contributed by atoms with Crippen LogP contribution in [0.25, 0.3) is 0 Å². The quantitative estimate of drug-likeness (QED) is 0.566. The molecule has 1 fully saturated rings. The monoisotopic (exact) mass is 223 g/mol. The normalized spacial score (nSPS) is 19.3. The maximum Gasteiger partial charge on any atom is 0.269 e. The van der Waals surface area contributed by atoms with Gasteiger partial charge in [-0.3, -0.25) is 10.1 Å². The molecule has 1 aliphatic carbocycles. The van der Waals surface area contributed by atoms with Crippen LogP contribution in [0.1, 0.15) is 37.7 Å². The van der Waals surface area contributed by atoms with Crippen molar-refractivity contribution in [2.75, 3.05) is 0 Å². The van der Waals surface area contributed by atoms with Gasteiger partial charge < -0.3 is 0 Å². The van der Waals surface area contributed by atoms with Gasteiger partial charge in [-0.05, 0) is 43.4 Å². The highest BCUT2D eigenvalue weighted by Crippen LogP contribution is 2.40. The predicted molar refractivity (Wildman–Crippen MR) is 59.0 cm³/mol. The number of benzene rings is 1. The second kappa shape index (κ2) is 4.20. The van der Waals surface area contributed by atoms with Crippen LogP contribution in [0.3, 0.4) is 0 Å². The van der Waals surface area contributed by atoms with Gasteiger partial charge in [0.05, 0.1) is 4.92 Å². The van der Waals surface area contributed by atoms with Crippen LogP contribution >= 0.6 is 0 Å².